The van der Waals surface area contributed by atoms with Gasteiger partial charge in [0.25, 0.3) is 0 Å². The molecule has 3 rings (SSSR count). The fourth-order valence-corrected chi connectivity index (χ4v) is 2.60. The van der Waals surface area contributed by atoms with E-state index in [4.69, 9.17) is 0 Å². The first-order valence-corrected chi connectivity index (χ1v) is 7.34. The summed E-state index contributed by atoms with van der Waals surface area (Å²) in [6.07, 6.45) is 3.90. The summed E-state index contributed by atoms with van der Waals surface area (Å²) in [5, 5.41) is 4.54. The van der Waals surface area contributed by atoms with E-state index in [0.29, 0.717) is 0 Å². The zero-order chi connectivity index (χ0) is 14.7. The van der Waals surface area contributed by atoms with Gasteiger partial charge in [0.1, 0.15) is 5.82 Å². The van der Waals surface area contributed by atoms with Gasteiger partial charge in [-0.2, -0.15) is 0 Å². The second kappa shape index (κ2) is 6.06. The predicted octanol–water partition coefficient (Wildman–Crippen LogP) is 2.90. The van der Waals surface area contributed by atoms with Crippen LogP contribution in [0, 0.1) is 6.92 Å². The second-order valence-corrected chi connectivity index (χ2v) is 5.19. The first-order chi connectivity index (χ1) is 10.3. The highest BCUT2D eigenvalue weighted by molar-refractivity contribution is 5.82. The van der Waals surface area contributed by atoms with Crippen molar-refractivity contribution in [3.8, 4) is 0 Å². The first kappa shape index (κ1) is 13.8. The zero-order valence-electron chi connectivity index (χ0n) is 12.5. The van der Waals surface area contributed by atoms with Gasteiger partial charge in [-0.05, 0) is 31.2 Å². The molecule has 4 nitrogen and oxygen atoms in total. The molecule has 2 aromatic heterocycles. The molecule has 108 valence electrons. The van der Waals surface area contributed by atoms with E-state index in [0.717, 1.165) is 36.7 Å². The molecule has 0 unspecified atom stereocenters. The molecule has 0 spiro atoms. The largest absolute Gasteiger partial charge is 0.329 e. The van der Waals surface area contributed by atoms with Crippen molar-refractivity contribution in [2.45, 2.75) is 26.9 Å². The molecule has 0 aliphatic heterocycles. The van der Waals surface area contributed by atoms with Gasteiger partial charge in [0.2, 0.25) is 0 Å². The highest BCUT2D eigenvalue weighted by atomic mass is 15.1. The molecule has 0 bridgehead atoms. The van der Waals surface area contributed by atoms with E-state index in [1.165, 1.54) is 10.9 Å². The summed E-state index contributed by atoms with van der Waals surface area (Å²) < 4.78 is 2.20. The van der Waals surface area contributed by atoms with Gasteiger partial charge in [0, 0.05) is 30.0 Å². The van der Waals surface area contributed by atoms with Crippen LogP contribution in [0.5, 0.6) is 0 Å². The van der Waals surface area contributed by atoms with Crippen LogP contribution in [0.25, 0.3) is 10.9 Å². The number of nitrogens with one attached hydrogen (secondary N) is 1. The molecule has 0 aliphatic rings. The minimum atomic E-state index is 0.797. The van der Waals surface area contributed by atoms with Gasteiger partial charge in [-0.25, -0.2) is 4.98 Å². The average Bonchev–Trinajstić information content (AvgIpc) is 2.92. The topological polar surface area (TPSA) is 42.7 Å². The molecule has 4 heteroatoms. The third kappa shape index (κ3) is 2.95. The maximum absolute atomic E-state index is 4.60. The number of fused-ring (bicyclic) bond motifs is 1. The van der Waals surface area contributed by atoms with Crippen molar-refractivity contribution in [1.29, 1.82) is 0 Å². The van der Waals surface area contributed by atoms with Crippen LogP contribution in [0.2, 0.25) is 0 Å². The first-order valence-electron chi connectivity index (χ1n) is 7.34. The molecule has 3 aromatic rings. The van der Waals surface area contributed by atoms with Crippen LogP contribution < -0.4 is 5.32 Å². The molecular formula is C17H20N4. The number of benzene rings is 1. The molecular weight excluding hydrogens is 260 g/mol. The van der Waals surface area contributed by atoms with Gasteiger partial charge in [0.15, 0.2) is 0 Å². The average molecular weight is 280 g/mol. The monoisotopic (exact) mass is 280 g/mol. The number of hydrogen-bond acceptors (Lipinski definition) is 3. The highest BCUT2D eigenvalue weighted by Gasteiger charge is 2.07. The van der Waals surface area contributed by atoms with Crippen LogP contribution in [0.4, 0.5) is 0 Å². The van der Waals surface area contributed by atoms with Gasteiger partial charge < -0.3 is 9.88 Å². The number of aryl methyl sites for hydroxylation is 1. The Balaban J connectivity index is 1.96. The Morgan fingerprint density at radius 3 is 2.95 bits per heavy atom. The van der Waals surface area contributed by atoms with Crippen LogP contribution in [-0.2, 0) is 13.1 Å². The van der Waals surface area contributed by atoms with E-state index in [1.807, 2.05) is 25.4 Å². The van der Waals surface area contributed by atoms with Gasteiger partial charge in [-0.15, -0.1) is 0 Å². The Bertz CT molecular complexity index is 745. The molecule has 0 aliphatic carbocycles. The SMILES string of the molecule is CCNCc1nccn1Cc1cc(C)nc2ccccc12. The lowest BCUT2D eigenvalue weighted by Crippen LogP contribution is -2.16. The molecule has 2 heterocycles. The molecule has 0 amide bonds. The summed E-state index contributed by atoms with van der Waals surface area (Å²) in [4.78, 5) is 9.04. The lowest BCUT2D eigenvalue weighted by Gasteiger charge is -2.11. The molecule has 1 aromatic carbocycles. The molecule has 21 heavy (non-hydrogen) atoms. The zero-order valence-corrected chi connectivity index (χ0v) is 12.5. The predicted molar refractivity (Wildman–Crippen MR) is 85.2 cm³/mol. The van der Waals surface area contributed by atoms with Gasteiger partial charge in [0.05, 0.1) is 12.1 Å². The third-order valence-electron chi connectivity index (χ3n) is 3.61. The van der Waals surface area contributed by atoms with E-state index in [2.05, 4.69) is 51.0 Å². The molecule has 0 radical (unpaired) electrons. The van der Waals surface area contributed by atoms with Crippen molar-refractivity contribution in [2.75, 3.05) is 6.54 Å². The Hall–Kier alpha value is -2.20. The van der Waals surface area contributed by atoms with E-state index in [1.54, 1.807) is 0 Å². The smallest absolute Gasteiger partial charge is 0.122 e. The van der Waals surface area contributed by atoms with Crippen LogP contribution in [0.1, 0.15) is 24.0 Å². The molecule has 0 fully saturated rings. The van der Waals surface area contributed by atoms with Crippen molar-refractivity contribution in [1.82, 2.24) is 19.9 Å². The van der Waals surface area contributed by atoms with Crippen LogP contribution >= 0.6 is 0 Å². The lowest BCUT2D eigenvalue weighted by molar-refractivity contribution is 0.640. The summed E-state index contributed by atoms with van der Waals surface area (Å²) in [6, 6.07) is 10.5. The Kier molecular flexibility index (Phi) is 3.97. The normalized spacial score (nSPS) is 11.1. The van der Waals surface area contributed by atoms with Gasteiger partial charge in [-0.1, -0.05) is 25.1 Å². The van der Waals surface area contributed by atoms with Crippen molar-refractivity contribution >= 4 is 10.9 Å². The lowest BCUT2D eigenvalue weighted by atomic mass is 10.1. The standard InChI is InChI=1S/C17H20N4/c1-3-18-11-17-19-8-9-21(17)12-14-10-13(2)20-16-7-5-4-6-15(14)16/h4-10,18H,3,11-12H2,1-2H3. The fraction of sp³-hybridized carbons (Fsp3) is 0.294. The van der Waals surface area contributed by atoms with Crippen molar-refractivity contribution in [3.63, 3.8) is 0 Å². The number of rotatable bonds is 5. The number of pyridine rings is 1. The van der Waals surface area contributed by atoms with Crippen LogP contribution in [0.3, 0.4) is 0 Å². The van der Waals surface area contributed by atoms with E-state index < -0.39 is 0 Å². The minimum absolute atomic E-state index is 0.797. The summed E-state index contributed by atoms with van der Waals surface area (Å²) in [5.74, 6) is 1.07. The number of para-hydroxylation sites is 1. The number of aromatic nitrogens is 3. The van der Waals surface area contributed by atoms with Crippen molar-refractivity contribution < 1.29 is 0 Å². The summed E-state index contributed by atoms with van der Waals surface area (Å²) >= 11 is 0. The van der Waals surface area contributed by atoms with E-state index in [9.17, 15) is 0 Å². The summed E-state index contributed by atoms with van der Waals surface area (Å²) in [7, 11) is 0. The number of imidazole rings is 1. The Morgan fingerprint density at radius 1 is 1.24 bits per heavy atom. The summed E-state index contributed by atoms with van der Waals surface area (Å²) in [6.45, 7) is 6.72. The summed E-state index contributed by atoms with van der Waals surface area (Å²) in [5.41, 5.74) is 3.40. The maximum Gasteiger partial charge on any atom is 0.122 e. The Morgan fingerprint density at radius 2 is 2.10 bits per heavy atom. The molecule has 1 N–H and O–H groups in total. The Labute approximate surface area is 124 Å². The van der Waals surface area contributed by atoms with Gasteiger partial charge in [-0.3, -0.25) is 4.98 Å². The van der Waals surface area contributed by atoms with E-state index in [-0.39, 0.29) is 0 Å². The number of hydrogen-bond donors (Lipinski definition) is 1. The highest BCUT2D eigenvalue weighted by Crippen LogP contribution is 2.19. The molecule has 0 saturated heterocycles. The second-order valence-electron chi connectivity index (χ2n) is 5.19. The molecule has 0 atom stereocenters. The maximum atomic E-state index is 4.60. The quantitative estimate of drug-likeness (QED) is 0.781. The number of nitrogens with zero attached hydrogens (tertiary/aromatic N) is 3. The minimum Gasteiger partial charge on any atom is -0.329 e. The van der Waals surface area contributed by atoms with Crippen LogP contribution in [-0.4, -0.2) is 21.1 Å². The molecule has 0 saturated carbocycles. The van der Waals surface area contributed by atoms with E-state index >= 15 is 0 Å². The van der Waals surface area contributed by atoms with Crippen molar-refractivity contribution in [2.24, 2.45) is 0 Å². The third-order valence-corrected chi connectivity index (χ3v) is 3.61. The fourth-order valence-electron chi connectivity index (χ4n) is 2.60. The van der Waals surface area contributed by atoms with Crippen molar-refractivity contribution in [3.05, 3.63) is 59.8 Å². The van der Waals surface area contributed by atoms with Crippen LogP contribution in [0.15, 0.2) is 42.7 Å². The van der Waals surface area contributed by atoms with Gasteiger partial charge >= 0.3 is 0 Å².